The second kappa shape index (κ2) is 10.4. The second-order valence-electron chi connectivity index (χ2n) is 11.5. The van der Waals surface area contributed by atoms with Crippen molar-refractivity contribution >= 4 is 28.6 Å². The number of piperidine rings is 1. The maximum Gasteiger partial charge on any atom is 0.419 e. The Balaban J connectivity index is 1.32. The number of hydrogen-bond donors (Lipinski definition) is 3. The van der Waals surface area contributed by atoms with E-state index >= 15 is 0 Å². The van der Waals surface area contributed by atoms with E-state index in [0.29, 0.717) is 35.1 Å². The summed E-state index contributed by atoms with van der Waals surface area (Å²) in [7, 11) is 0. The monoisotopic (exact) mass is 520 g/mol. The van der Waals surface area contributed by atoms with Crippen molar-refractivity contribution in [1.29, 1.82) is 5.26 Å². The Labute approximate surface area is 222 Å². The van der Waals surface area contributed by atoms with Gasteiger partial charge in [0.2, 0.25) is 5.95 Å². The fourth-order valence-electron chi connectivity index (χ4n) is 5.80. The lowest BCUT2D eigenvalue weighted by atomic mass is 9.79. The fraction of sp³-hybridized carbons (Fsp3) is 0.556. The topological polar surface area (TPSA) is 133 Å². The van der Waals surface area contributed by atoms with E-state index in [1.165, 1.54) is 6.20 Å². The van der Waals surface area contributed by atoms with Gasteiger partial charge in [0.1, 0.15) is 17.5 Å². The molecule has 0 unspecified atom stereocenters. The van der Waals surface area contributed by atoms with Gasteiger partial charge < -0.3 is 25.1 Å². The summed E-state index contributed by atoms with van der Waals surface area (Å²) < 4.78 is 12.6. The van der Waals surface area contributed by atoms with Crippen molar-refractivity contribution in [2.24, 2.45) is 0 Å². The van der Waals surface area contributed by atoms with E-state index in [4.69, 9.17) is 9.15 Å². The van der Waals surface area contributed by atoms with Crippen LogP contribution in [-0.4, -0.2) is 69.4 Å². The molecule has 3 aromatic rings. The summed E-state index contributed by atoms with van der Waals surface area (Å²) in [5, 5.41) is 20.0. The van der Waals surface area contributed by atoms with Crippen molar-refractivity contribution in [2.75, 3.05) is 43.5 Å². The molecule has 38 heavy (non-hydrogen) atoms. The quantitative estimate of drug-likeness (QED) is 0.427. The maximum absolute atomic E-state index is 12.5. The minimum absolute atomic E-state index is 0.0434. The van der Waals surface area contributed by atoms with Crippen molar-refractivity contribution in [3.05, 3.63) is 40.5 Å². The molecule has 5 rings (SSSR count). The molecule has 0 saturated carbocycles. The van der Waals surface area contributed by atoms with Crippen LogP contribution in [0.4, 0.5) is 17.5 Å². The first-order chi connectivity index (χ1) is 18.1. The lowest BCUT2D eigenvalue weighted by Gasteiger charge is -2.46. The molecule has 0 atom stereocenters. The van der Waals surface area contributed by atoms with Gasteiger partial charge in [0.05, 0.1) is 24.9 Å². The Morgan fingerprint density at radius 3 is 2.61 bits per heavy atom. The summed E-state index contributed by atoms with van der Waals surface area (Å²) in [5.74, 6) is 0.483. The molecule has 0 radical (unpaired) electrons. The highest BCUT2D eigenvalue weighted by atomic mass is 16.5. The summed E-state index contributed by atoms with van der Waals surface area (Å²) in [6, 6.07) is 7.85. The van der Waals surface area contributed by atoms with E-state index in [1.54, 1.807) is 10.6 Å². The largest absolute Gasteiger partial charge is 0.419 e. The molecule has 1 aromatic carbocycles. The summed E-state index contributed by atoms with van der Waals surface area (Å²) in [4.78, 5) is 23.8. The number of rotatable bonds is 7. The Bertz CT molecular complexity index is 1380. The maximum atomic E-state index is 12.5. The van der Waals surface area contributed by atoms with Gasteiger partial charge in [-0.2, -0.15) is 10.2 Å². The van der Waals surface area contributed by atoms with Crippen molar-refractivity contribution in [1.82, 2.24) is 24.8 Å². The average molecular weight is 521 g/mol. The van der Waals surface area contributed by atoms with Gasteiger partial charge in [-0.1, -0.05) is 0 Å². The molecule has 2 aliphatic heterocycles. The van der Waals surface area contributed by atoms with Crippen molar-refractivity contribution in [3.63, 3.8) is 0 Å². The summed E-state index contributed by atoms with van der Waals surface area (Å²) in [6.07, 6.45) is 3.31. The van der Waals surface area contributed by atoms with E-state index in [2.05, 4.69) is 64.6 Å². The fourth-order valence-corrected chi connectivity index (χ4v) is 5.80. The molecule has 202 valence electrons. The highest BCUT2D eigenvalue weighted by Gasteiger charge is 2.38. The zero-order valence-corrected chi connectivity index (χ0v) is 22.5. The van der Waals surface area contributed by atoms with E-state index in [0.717, 1.165) is 51.2 Å². The molecule has 2 saturated heterocycles. The first-order valence-electron chi connectivity index (χ1n) is 13.1. The Hall–Kier alpha value is -3.46. The number of aromatic nitrogens is 3. The van der Waals surface area contributed by atoms with Gasteiger partial charge in [0, 0.05) is 55.1 Å². The summed E-state index contributed by atoms with van der Waals surface area (Å²) in [6.45, 7) is 13.2. The van der Waals surface area contributed by atoms with Crippen LogP contribution in [0.2, 0.25) is 0 Å². The third kappa shape index (κ3) is 5.99. The zero-order valence-electron chi connectivity index (χ0n) is 22.5. The van der Waals surface area contributed by atoms with Crippen LogP contribution in [0, 0.1) is 11.3 Å². The number of benzene rings is 1. The highest BCUT2D eigenvalue weighted by Crippen LogP contribution is 2.31. The standard InChI is InChI=1S/C27H36N8O3/c1-26(2)14-20(15-27(3,4)33-26)30-23-18(16-28)17-29-24(32-23)31-19-5-6-21-22(13-19)38-25(36)35(21)8-7-34-9-11-37-12-10-34/h5-6,13,17,20,33H,7-12,14-15H2,1-4H3,(H2,29,30,31,32). The molecular formula is C27H36N8O3. The lowest BCUT2D eigenvalue weighted by Crippen LogP contribution is -2.60. The molecule has 2 aliphatic rings. The van der Waals surface area contributed by atoms with Gasteiger partial charge in [0.15, 0.2) is 5.58 Å². The lowest BCUT2D eigenvalue weighted by molar-refractivity contribution is 0.0363. The normalized spacial score (nSPS) is 19.8. The number of anilines is 3. The number of nitrogens with one attached hydrogen (secondary N) is 3. The van der Waals surface area contributed by atoms with Gasteiger partial charge in [-0.15, -0.1) is 0 Å². The van der Waals surface area contributed by atoms with E-state index in [-0.39, 0.29) is 22.9 Å². The van der Waals surface area contributed by atoms with Crippen LogP contribution in [0.3, 0.4) is 0 Å². The van der Waals surface area contributed by atoms with Gasteiger partial charge in [-0.25, -0.2) is 9.78 Å². The SMILES string of the molecule is CC1(C)CC(Nc2nc(Nc3ccc4c(c3)oc(=O)n4CCN3CCOCC3)ncc2C#N)CC(C)(C)N1. The number of fused-ring (bicyclic) bond motifs is 1. The van der Waals surface area contributed by atoms with Gasteiger partial charge in [-0.05, 0) is 52.7 Å². The van der Waals surface area contributed by atoms with Crippen molar-refractivity contribution < 1.29 is 9.15 Å². The van der Waals surface area contributed by atoms with E-state index < -0.39 is 0 Å². The van der Waals surface area contributed by atoms with Crippen molar-refractivity contribution in [3.8, 4) is 6.07 Å². The molecule has 0 bridgehead atoms. The molecule has 0 aliphatic carbocycles. The second-order valence-corrected chi connectivity index (χ2v) is 11.5. The number of nitrogens with zero attached hydrogens (tertiary/aromatic N) is 5. The Kier molecular flexibility index (Phi) is 7.13. The van der Waals surface area contributed by atoms with Crippen LogP contribution in [0.15, 0.2) is 33.6 Å². The third-order valence-electron chi connectivity index (χ3n) is 7.11. The van der Waals surface area contributed by atoms with Crippen molar-refractivity contribution in [2.45, 2.75) is 64.2 Å². The van der Waals surface area contributed by atoms with E-state index in [9.17, 15) is 10.1 Å². The Morgan fingerprint density at radius 1 is 1.16 bits per heavy atom. The molecule has 0 amide bonds. The Morgan fingerprint density at radius 2 is 1.89 bits per heavy atom. The first-order valence-corrected chi connectivity index (χ1v) is 13.1. The molecule has 11 heteroatoms. The molecule has 11 nitrogen and oxygen atoms in total. The van der Waals surface area contributed by atoms with Gasteiger partial charge in [-0.3, -0.25) is 9.47 Å². The number of oxazole rings is 1. The number of nitriles is 1. The number of hydrogen-bond acceptors (Lipinski definition) is 10. The minimum atomic E-state index is -0.376. The third-order valence-corrected chi connectivity index (χ3v) is 7.11. The van der Waals surface area contributed by atoms with Crippen LogP contribution in [-0.2, 0) is 11.3 Å². The molecule has 2 aromatic heterocycles. The predicted molar refractivity (Wildman–Crippen MR) is 146 cm³/mol. The summed E-state index contributed by atoms with van der Waals surface area (Å²) in [5.41, 5.74) is 2.23. The molecule has 3 N–H and O–H groups in total. The summed E-state index contributed by atoms with van der Waals surface area (Å²) >= 11 is 0. The van der Waals surface area contributed by atoms with Crippen LogP contribution in [0.1, 0.15) is 46.1 Å². The number of morpholine rings is 1. The van der Waals surface area contributed by atoms with Crippen LogP contribution in [0.5, 0.6) is 0 Å². The number of ether oxygens (including phenoxy) is 1. The first kappa shape index (κ1) is 26.2. The molecule has 2 fully saturated rings. The predicted octanol–water partition coefficient (Wildman–Crippen LogP) is 3.05. The highest BCUT2D eigenvalue weighted by molar-refractivity contribution is 5.78. The molecule has 0 spiro atoms. The minimum Gasteiger partial charge on any atom is -0.408 e. The van der Waals surface area contributed by atoms with Crippen LogP contribution in [0.25, 0.3) is 11.1 Å². The van der Waals surface area contributed by atoms with Gasteiger partial charge in [0.25, 0.3) is 0 Å². The zero-order chi connectivity index (χ0) is 26.9. The molecule has 4 heterocycles. The smallest absolute Gasteiger partial charge is 0.408 e. The molecular weight excluding hydrogens is 484 g/mol. The van der Waals surface area contributed by atoms with Gasteiger partial charge >= 0.3 is 5.76 Å². The van der Waals surface area contributed by atoms with E-state index in [1.807, 2.05) is 12.1 Å². The average Bonchev–Trinajstić information content (AvgIpc) is 3.15. The van der Waals surface area contributed by atoms with Crippen LogP contribution < -0.4 is 21.7 Å². The van der Waals surface area contributed by atoms with Crippen LogP contribution >= 0.6 is 0 Å².